The van der Waals surface area contributed by atoms with Crippen LogP contribution in [0.2, 0.25) is 0 Å². The highest BCUT2D eigenvalue weighted by molar-refractivity contribution is 5.25. The van der Waals surface area contributed by atoms with Crippen LogP contribution in [0.15, 0.2) is 24.3 Å². The van der Waals surface area contributed by atoms with Crippen molar-refractivity contribution in [3.05, 3.63) is 35.4 Å². The number of aliphatic hydroxyl groups is 1. The molecule has 0 aliphatic heterocycles. The second kappa shape index (κ2) is 4.91. The van der Waals surface area contributed by atoms with Crippen LogP contribution >= 0.6 is 0 Å². The first-order chi connectivity index (χ1) is 5.84. The van der Waals surface area contributed by atoms with Crippen LogP contribution in [0.5, 0.6) is 0 Å². The molecule has 2 nitrogen and oxygen atoms in total. The molecular formula is C10H15NO. The molecular weight excluding hydrogens is 150 g/mol. The molecule has 0 unspecified atom stereocenters. The van der Waals surface area contributed by atoms with Crippen LogP contribution in [0.3, 0.4) is 0 Å². The molecule has 0 aromatic heterocycles. The molecule has 2 heteroatoms. The van der Waals surface area contributed by atoms with Crippen molar-refractivity contribution in [3.8, 4) is 0 Å². The van der Waals surface area contributed by atoms with Crippen LogP contribution in [0.1, 0.15) is 11.1 Å². The van der Waals surface area contributed by atoms with E-state index in [4.69, 9.17) is 5.11 Å². The van der Waals surface area contributed by atoms with Gasteiger partial charge in [-0.2, -0.15) is 0 Å². The molecule has 0 radical (unpaired) electrons. The standard InChI is InChI=1S/C10H15NO/c1-9-4-2-3-5-10(9)6-7-11-8-12/h2-5,11-12H,6-8H2,1H3. The molecule has 0 bridgehead atoms. The fraction of sp³-hybridized carbons (Fsp3) is 0.400. The first-order valence-electron chi connectivity index (χ1n) is 4.20. The summed E-state index contributed by atoms with van der Waals surface area (Å²) < 4.78 is 0. The molecule has 0 aliphatic rings. The molecule has 0 spiro atoms. The predicted molar refractivity (Wildman–Crippen MR) is 50.0 cm³/mol. The van der Waals surface area contributed by atoms with Crippen molar-refractivity contribution in [2.45, 2.75) is 13.3 Å². The summed E-state index contributed by atoms with van der Waals surface area (Å²) in [5.74, 6) is 0. The van der Waals surface area contributed by atoms with Gasteiger partial charge >= 0.3 is 0 Å². The van der Waals surface area contributed by atoms with Gasteiger partial charge in [0.05, 0.1) is 6.73 Å². The molecule has 1 rings (SSSR count). The smallest absolute Gasteiger partial charge is 0.0931 e. The number of nitrogens with one attached hydrogen (secondary N) is 1. The highest BCUT2D eigenvalue weighted by atomic mass is 16.3. The van der Waals surface area contributed by atoms with Gasteiger partial charge < -0.3 is 5.11 Å². The molecule has 0 saturated heterocycles. The Labute approximate surface area is 73.2 Å². The number of aryl methyl sites for hydroxylation is 1. The SMILES string of the molecule is Cc1ccccc1CCNCO. The van der Waals surface area contributed by atoms with Crippen LogP contribution < -0.4 is 5.32 Å². The van der Waals surface area contributed by atoms with E-state index >= 15 is 0 Å². The average Bonchev–Trinajstić information content (AvgIpc) is 2.09. The monoisotopic (exact) mass is 165 g/mol. The molecule has 0 aliphatic carbocycles. The van der Waals surface area contributed by atoms with Gasteiger partial charge in [0.25, 0.3) is 0 Å². The first-order valence-corrected chi connectivity index (χ1v) is 4.20. The Morgan fingerprint density at radius 2 is 2.08 bits per heavy atom. The zero-order valence-corrected chi connectivity index (χ0v) is 7.38. The third-order valence-corrected chi connectivity index (χ3v) is 1.94. The van der Waals surface area contributed by atoms with Crippen LogP contribution in [0.25, 0.3) is 0 Å². The molecule has 0 atom stereocenters. The molecule has 1 aromatic rings. The molecule has 66 valence electrons. The quantitative estimate of drug-likeness (QED) is 0.517. The molecule has 1 aromatic carbocycles. The lowest BCUT2D eigenvalue weighted by Gasteiger charge is -2.04. The minimum atomic E-state index is 0.0614. The average molecular weight is 165 g/mol. The van der Waals surface area contributed by atoms with Crippen LogP contribution in [0.4, 0.5) is 0 Å². The summed E-state index contributed by atoms with van der Waals surface area (Å²) >= 11 is 0. The van der Waals surface area contributed by atoms with Crippen molar-refractivity contribution >= 4 is 0 Å². The highest BCUT2D eigenvalue weighted by Crippen LogP contribution is 2.06. The molecule has 2 N–H and O–H groups in total. The van der Waals surface area contributed by atoms with Gasteiger partial charge in [-0.1, -0.05) is 24.3 Å². The van der Waals surface area contributed by atoms with Crippen molar-refractivity contribution in [2.24, 2.45) is 0 Å². The zero-order chi connectivity index (χ0) is 8.81. The predicted octanol–water partition coefficient (Wildman–Crippen LogP) is 1.08. The Hall–Kier alpha value is -0.860. The van der Waals surface area contributed by atoms with Gasteiger partial charge in [-0.05, 0) is 24.5 Å². The Morgan fingerprint density at radius 3 is 2.75 bits per heavy atom. The second-order valence-electron chi connectivity index (χ2n) is 2.83. The number of hydrogen-bond acceptors (Lipinski definition) is 2. The summed E-state index contributed by atoms with van der Waals surface area (Å²) in [6.07, 6.45) is 0.979. The maximum Gasteiger partial charge on any atom is 0.0931 e. The van der Waals surface area contributed by atoms with Gasteiger partial charge in [0.15, 0.2) is 0 Å². The Morgan fingerprint density at radius 1 is 1.33 bits per heavy atom. The van der Waals surface area contributed by atoms with Crippen LogP contribution in [-0.4, -0.2) is 18.4 Å². The maximum absolute atomic E-state index is 8.50. The first kappa shape index (κ1) is 9.23. The molecule has 0 heterocycles. The maximum atomic E-state index is 8.50. The normalized spacial score (nSPS) is 10.2. The number of hydrogen-bond donors (Lipinski definition) is 2. The summed E-state index contributed by atoms with van der Waals surface area (Å²) in [5.41, 5.74) is 2.66. The van der Waals surface area contributed by atoms with Gasteiger partial charge in [0, 0.05) is 6.54 Å². The number of benzene rings is 1. The van der Waals surface area contributed by atoms with Crippen molar-refractivity contribution in [1.82, 2.24) is 5.32 Å². The number of rotatable bonds is 4. The molecule has 12 heavy (non-hydrogen) atoms. The third kappa shape index (κ3) is 2.64. The van der Waals surface area contributed by atoms with E-state index in [-0.39, 0.29) is 6.73 Å². The second-order valence-corrected chi connectivity index (χ2v) is 2.83. The van der Waals surface area contributed by atoms with Gasteiger partial charge in [0.1, 0.15) is 0 Å². The Bertz CT molecular complexity index is 235. The summed E-state index contributed by atoms with van der Waals surface area (Å²) in [6, 6.07) is 8.31. The van der Waals surface area contributed by atoms with Crippen molar-refractivity contribution in [2.75, 3.05) is 13.3 Å². The van der Waals surface area contributed by atoms with E-state index in [1.54, 1.807) is 0 Å². The van der Waals surface area contributed by atoms with E-state index in [0.717, 1.165) is 13.0 Å². The van der Waals surface area contributed by atoms with Crippen molar-refractivity contribution < 1.29 is 5.11 Å². The molecule has 0 amide bonds. The summed E-state index contributed by atoms with van der Waals surface area (Å²) in [5, 5.41) is 11.4. The van der Waals surface area contributed by atoms with Crippen LogP contribution in [-0.2, 0) is 6.42 Å². The summed E-state index contributed by atoms with van der Waals surface area (Å²) in [7, 11) is 0. The number of aliphatic hydroxyl groups excluding tert-OH is 1. The van der Waals surface area contributed by atoms with E-state index in [0.29, 0.717) is 0 Å². The minimum Gasteiger partial charge on any atom is -0.381 e. The van der Waals surface area contributed by atoms with E-state index in [2.05, 4.69) is 24.4 Å². The highest BCUT2D eigenvalue weighted by Gasteiger charge is 1.94. The van der Waals surface area contributed by atoms with Crippen molar-refractivity contribution in [1.29, 1.82) is 0 Å². The van der Waals surface area contributed by atoms with Gasteiger partial charge in [-0.15, -0.1) is 0 Å². The lowest BCUT2D eigenvalue weighted by atomic mass is 10.1. The largest absolute Gasteiger partial charge is 0.381 e. The zero-order valence-electron chi connectivity index (χ0n) is 7.38. The molecule has 0 saturated carbocycles. The fourth-order valence-electron chi connectivity index (χ4n) is 1.19. The molecule has 0 fully saturated rings. The van der Waals surface area contributed by atoms with Crippen LogP contribution in [0, 0.1) is 6.92 Å². The lowest BCUT2D eigenvalue weighted by Crippen LogP contribution is -2.18. The van der Waals surface area contributed by atoms with Gasteiger partial charge in [-0.3, -0.25) is 5.32 Å². The van der Waals surface area contributed by atoms with E-state index in [9.17, 15) is 0 Å². The Kier molecular flexibility index (Phi) is 3.77. The van der Waals surface area contributed by atoms with E-state index in [1.165, 1.54) is 11.1 Å². The lowest BCUT2D eigenvalue weighted by molar-refractivity contribution is 0.262. The van der Waals surface area contributed by atoms with Crippen molar-refractivity contribution in [3.63, 3.8) is 0 Å². The summed E-state index contributed by atoms with van der Waals surface area (Å²) in [4.78, 5) is 0. The summed E-state index contributed by atoms with van der Waals surface area (Å²) in [6.45, 7) is 3.00. The van der Waals surface area contributed by atoms with E-state index in [1.807, 2.05) is 12.1 Å². The Balaban J connectivity index is 2.46. The van der Waals surface area contributed by atoms with Gasteiger partial charge in [-0.25, -0.2) is 0 Å². The third-order valence-electron chi connectivity index (χ3n) is 1.94. The van der Waals surface area contributed by atoms with Gasteiger partial charge in [0.2, 0.25) is 0 Å². The van der Waals surface area contributed by atoms with E-state index < -0.39 is 0 Å². The topological polar surface area (TPSA) is 32.3 Å². The fourth-order valence-corrected chi connectivity index (χ4v) is 1.19. The minimum absolute atomic E-state index is 0.0614.